The van der Waals surface area contributed by atoms with Crippen LogP contribution < -0.4 is 0 Å². The SMILES string of the molecule is CC[C@H]1OC(=O)C[C@@H](O)[C@H](C)[C@@H](O[C@@H]2O[C@H](C)[C@@H](O)[C@H](N(C)C)[C@H]2O)[C@@H](CCN2CCCCC2)C[C@@H](C)C(=O)C=CC(C)=C[C@@H]1CO. The molecule has 4 N–H and O–H groups in total. The van der Waals surface area contributed by atoms with Gasteiger partial charge in [0.1, 0.15) is 12.2 Å². The van der Waals surface area contributed by atoms with E-state index in [0.29, 0.717) is 19.3 Å². The van der Waals surface area contributed by atoms with Crippen molar-refractivity contribution >= 4 is 11.8 Å². The molecule has 11 heteroatoms. The number of ketones is 1. The topological polar surface area (TPSA) is 149 Å². The normalized spacial score (nSPS) is 39.1. The molecule has 2 fully saturated rings. The van der Waals surface area contributed by atoms with Gasteiger partial charge in [-0.2, -0.15) is 0 Å². The maximum absolute atomic E-state index is 13.5. The summed E-state index contributed by atoms with van der Waals surface area (Å²) in [5.74, 6) is -2.29. The van der Waals surface area contributed by atoms with Gasteiger partial charge in [-0.3, -0.25) is 9.59 Å². The lowest BCUT2D eigenvalue weighted by atomic mass is 9.79. The average molecular weight is 667 g/mol. The first-order valence-corrected chi connectivity index (χ1v) is 17.7. The first-order valence-electron chi connectivity index (χ1n) is 17.7. The fourth-order valence-corrected chi connectivity index (χ4v) is 7.39. The summed E-state index contributed by atoms with van der Waals surface area (Å²) in [6.07, 6.45) is 3.61. The third-order valence-electron chi connectivity index (χ3n) is 10.4. The minimum absolute atomic E-state index is 0.0443. The number of esters is 1. The van der Waals surface area contributed by atoms with Crippen LogP contribution in [-0.4, -0.2) is 131 Å². The molecule has 47 heavy (non-hydrogen) atoms. The molecule has 0 aromatic heterocycles. The highest BCUT2D eigenvalue weighted by atomic mass is 16.7. The number of rotatable bonds is 8. The number of allylic oxidation sites excluding steroid dienone is 3. The van der Waals surface area contributed by atoms with E-state index < -0.39 is 66.8 Å². The lowest BCUT2D eigenvalue weighted by molar-refractivity contribution is -0.304. The van der Waals surface area contributed by atoms with Gasteiger partial charge in [0, 0.05) is 17.8 Å². The van der Waals surface area contributed by atoms with Crippen LogP contribution in [0.3, 0.4) is 0 Å². The Morgan fingerprint density at radius 1 is 1.02 bits per heavy atom. The third-order valence-corrected chi connectivity index (χ3v) is 10.4. The monoisotopic (exact) mass is 666 g/mol. The van der Waals surface area contributed by atoms with Crippen LogP contribution in [-0.2, 0) is 23.8 Å². The number of ether oxygens (including phenoxy) is 3. The summed E-state index contributed by atoms with van der Waals surface area (Å²) in [5, 5.41) is 43.9. The summed E-state index contributed by atoms with van der Waals surface area (Å²) in [4.78, 5) is 30.9. The third kappa shape index (κ3) is 11.2. The van der Waals surface area contributed by atoms with Crippen LogP contribution in [0.1, 0.15) is 79.6 Å². The van der Waals surface area contributed by atoms with E-state index >= 15 is 0 Å². The molecule has 0 aromatic rings. The second-order valence-electron chi connectivity index (χ2n) is 14.4. The van der Waals surface area contributed by atoms with Crippen LogP contribution in [0.5, 0.6) is 0 Å². The zero-order valence-corrected chi connectivity index (χ0v) is 29.7. The van der Waals surface area contributed by atoms with Crippen molar-refractivity contribution in [3.05, 3.63) is 23.8 Å². The molecule has 3 heterocycles. The number of likely N-dealkylation sites (N-methyl/N-ethyl adjacent to an activating group) is 1. The number of nitrogens with zero attached hydrogens (tertiary/aromatic N) is 2. The highest BCUT2D eigenvalue weighted by Crippen LogP contribution is 2.35. The van der Waals surface area contributed by atoms with Crippen molar-refractivity contribution in [2.24, 2.45) is 23.7 Å². The van der Waals surface area contributed by atoms with E-state index in [1.54, 1.807) is 38.1 Å². The van der Waals surface area contributed by atoms with E-state index in [1.807, 2.05) is 33.8 Å². The van der Waals surface area contributed by atoms with Gasteiger partial charge in [0.05, 0.1) is 43.5 Å². The fraction of sp³-hybridized carbons (Fsp3) is 0.833. The Balaban J connectivity index is 2.02. The Kier molecular flexibility index (Phi) is 16.0. The number of carbonyl (C=O) groups is 2. The minimum Gasteiger partial charge on any atom is -0.462 e. The van der Waals surface area contributed by atoms with Crippen molar-refractivity contribution in [2.75, 3.05) is 40.3 Å². The van der Waals surface area contributed by atoms with Gasteiger partial charge >= 0.3 is 5.97 Å². The molecule has 11 nitrogen and oxygen atoms in total. The molecule has 0 radical (unpaired) electrons. The molecule has 0 unspecified atom stereocenters. The van der Waals surface area contributed by atoms with Crippen molar-refractivity contribution in [3.63, 3.8) is 0 Å². The van der Waals surface area contributed by atoms with E-state index in [-0.39, 0.29) is 30.6 Å². The molecule has 270 valence electrons. The van der Waals surface area contributed by atoms with E-state index in [4.69, 9.17) is 14.2 Å². The zero-order chi connectivity index (χ0) is 34.8. The number of hydrogen-bond donors (Lipinski definition) is 4. The molecule has 0 bridgehead atoms. The van der Waals surface area contributed by atoms with Gasteiger partial charge in [0.15, 0.2) is 12.1 Å². The number of hydrogen-bond acceptors (Lipinski definition) is 11. The van der Waals surface area contributed by atoms with Crippen LogP contribution in [0.25, 0.3) is 0 Å². The molecule has 3 aliphatic heterocycles. The van der Waals surface area contributed by atoms with Gasteiger partial charge in [-0.15, -0.1) is 0 Å². The van der Waals surface area contributed by atoms with Gasteiger partial charge in [0.25, 0.3) is 0 Å². The van der Waals surface area contributed by atoms with Crippen LogP contribution in [0, 0.1) is 23.7 Å². The van der Waals surface area contributed by atoms with Crippen molar-refractivity contribution < 1.29 is 44.2 Å². The Labute approximate surface area is 281 Å². The van der Waals surface area contributed by atoms with Gasteiger partial charge in [-0.05, 0) is 91.7 Å². The first kappa shape index (κ1) is 39.7. The second kappa shape index (κ2) is 18.9. The summed E-state index contributed by atoms with van der Waals surface area (Å²) in [7, 11) is 3.56. The summed E-state index contributed by atoms with van der Waals surface area (Å²) in [6, 6.07) is -0.649. The van der Waals surface area contributed by atoms with Crippen LogP contribution in [0.15, 0.2) is 23.8 Å². The molecule has 0 amide bonds. The molecular formula is C36H62N2O9. The van der Waals surface area contributed by atoms with E-state index in [0.717, 1.165) is 38.0 Å². The summed E-state index contributed by atoms with van der Waals surface area (Å²) >= 11 is 0. The second-order valence-corrected chi connectivity index (χ2v) is 14.4. The molecule has 0 saturated carbocycles. The van der Waals surface area contributed by atoms with Crippen LogP contribution in [0.4, 0.5) is 0 Å². The molecule has 0 aromatic carbocycles. The number of piperidine rings is 1. The molecular weight excluding hydrogens is 604 g/mol. The number of cyclic esters (lactones) is 1. The number of aliphatic hydroxyl groups excluding tert-OH is 4. The number of likely N-dealkylation sites (tertiary alicyclic amines) is 1. The lowest BCUT2D eigenvalue weighted by Gasteiger charge is -2.47. The Hall–Kier alpha value is -1.70. The summed E-state index contributed by atoms with van der Waals surface area (Å²) in [6.45, 7) is 11.7. The maximum Gasteiger partial charge on any atom is 0.308 e. The molecule has 0 spiro atoms. The van der Waals surface area contributed by atoms with Crippen molar-refractivity contribution in [1.82, 2.24) is 9.80 Å². The molecule has 3 aliphatic rings. The van der Waals surface area contributed by atoms with Gasteiger partial charge in [-0.25, -0.2) is 0 Å². The standard InChI is InChI=1S/C36H62N2O9/c1-8-30-27(21-39)18-22(2)12-13-28(40)23(3)19-26(14-17-38-15-10-9-11-16-38)35(24(4)29(41)20-31(42)46-30)47-36-34(44)32(37(6)7)33(43)25(5)45-36/h12-13,18,23-27,29-30,32-36,39,41,43-44H,8-11,14-17,19-21H2,1-7H3/t23-,24+,25-,26+,27-,29-,30-,32+,33-,34-,35-,36+/m1/s1. The van der Waals surface area contributed by atoms with Gasteiger partial charge < -0.3 is 44.4 Å². The quantitative estimate of drug-likeness (QED) is 0.284. The average Bonchev–Trinajstić information content (AvgIpc) is 3.04. The smallest absolute Gasteiger partial charge is 0.308 e. The van der Waals surface area contributed by atoms with E-state index in [2.05, 4.69) is 4.90 Å². The fourth-order valence-electron chi connectivity index (χ4n) is 7.39. The highest BCUT2D eigenvalue weighted by molar-refractivity contribution is 5.91. The largest absolute Gasteiger partial charge is 0.462 e. The van der Waals surface area contributed by atoms with E-state index in [1.165, 1.54) is 6.42 Å². The summed E-state index contributed by atoms with van der Waals surface area (Å²) in [5.41, 5.74) is 0.776. The van der Waals surface area contributed by atoms with Crippen LogP contribution >= 0.6 is 0 Å². The summed E-state index contributed by atoms with van der Waals surface area (Å²) < 4.78 is 18.5. The molecule has 2 saturated heterocycles. The molecule has 0 aliphatic carbocycles. The Bertz CT molecular complexity index is 1050. The highest BCUT2D eigenvalue weighted by Gasteiger charge is 2.47. The van der Waals surface area contributed by atoms with E-state index in [9.17, 15) is 30.0 Å². The molecule has 3 rings (SSSR count). The minimum atomic E-state index is -1.19. The van der Waals surface area contributed by atoms with Crippen molar-refractivity contribution in [2.45, 2.75) is 129 Å². The Morgan fingerprint density at radius 2 is 1.70 bits per heavy atom. The maximum atomic E-state index is 13.5. The molecule has 12 atom stereocenters. The number of carbonyl (C=O) groups excluding carboxylic acids is 2. The first-order chi connectivity index (χ1) is 22.3. The van der Waals surface area contributed by atoms with Crippen molar-refractivity contribution in [3.8, 4) is 0 Å². The zero-order valence-electron chi connectivity index (χ0n) is 29.7. The van der Waals surface area contributed by atoms with Gasteiger partial charge in [0.2, 0.25) is 0 Å². The lowest BCUT2D eigenvalue weighted by Crippen LogP contribution is -2.63. The van der Waals surface area contributed by atoms with Crippen molar-refractivity contribution in [1.29, 1.82) is 0 Å². The van der Waals surface area contributed by atoms with Crippen LogP contribution in [0.2, 0.25) is 0 Å². The number of aliphatic hydroxyl groups is 4. The predicted molar refractivity (Wildman–Crippen MR) is 179 cm³/mol. The van der Waals surface area contributed by atoms with Gasteiger partial charge in [-0.1, -0.05) is 44.9 Å². The Morgan fingerprint density at radius 3 is 2.32 bits per heavy atom. The predicted octanol–water partition coefficient (Wildman–Crippen LogP) is 2.69.